The minimum absolute atomic E-state index is 0.363. The molecule has 1 N–H and O–H groups in total. The molecule has 96 valence electrons. The first-order valence-corrected chi connectivity index (χ1v) is 7.01. The van der Waals surface area contributed by atoms with Gasteiger partial charge in [0.25, 0.3) is 5.89 Å². The second-order valence-electron chi connectivity index (χ2n) is 4.40. The molecular formula is C11H15N5OS. The number of aromatic nitrogens is 4. The highest BCUT2D eigenvalue weighted by Crippen LogP contribution is 2.27. The van der Waals surface area contributed by atoms with Gasteiger partial charge in [0.2, 0.25) is 0 Å². The van der Waals surface area contributed by atoms with Crippen LogP contribution in [0.2, 0.25) is 0 Å². The monoisotopic (exact) mass is 265 g/mol. The summed E-state index contributed by atoms with van der Waals surface area (Å²) >= 11 is 1.31. The number of piperidine rings is 1. The van der Waals surface area contributed by atoms with E-state index < -0.39 is 0 Å². The summed E-state index contributed by atoms with van der Waals surface area (Å²) in [6.07, 6.45) is 3.11. The van der Waals surface area contributed by atoms with E-state index in [0.717, 1.165) is 48.7 Å². The van der Waals surface area contributed by atoms with Crippen LogP contribution in [-0.2, 0) is 6.42 Å². The van der Waals surface area contributed by atoms with Crippen molar-refractivity contribution in [3.8, 4) is 10.8 Å². The van der Waals surface area contributed by atoms with Crippen molar-refractivity contribution in [3.05, 3.63) is 11.5 Å². The summed E-state index contributed by atoms with van der Waals surface area (Å²) < 4.78 is 9.29. The van der Waals surface area contributed by atoms with Crippen molar-refractivity contribution in [2.45, 2.75) is 32.1 Å². The fraction of sp³-hybridized carbons (Fsp3) is 0.636. The van der Waals surface area contributed by atoms with E-state index >= 15 is 0 Å². The third kappa shape index (κ3) is 2.15. The second-order valence-corrected chi connectivity index (χ2v) is 5.16. The van der Waals surface area contributed by atoms with E-state index in [1.807, 2.05) is 6.92 Å². The topological polar surface area (TPSA) is 76.7 Å². The number of nitrogens with one attached hydrogen (secondary N) is 1. The predicted octanol–water partition coefficient (Wildman–Crippen LogP) is 1.62. The Kier molecular flexibility index (Phi) is 3.33. The lowest BCUT2D eigenvalue weighted by Gasteiger charge is -2.19. The molecule has 6 nitrogen and oxygen atoms in total. The van der Waals surface area contributed by atoms with E-state index in [1.54, 1.807) is 0 Å². The number of hydrogen-bond acceptors (Lipinski definition) is 7. The molecule has 0 bridgehead atoms. The van der Waals surface area contributed by atoms with Gasteiger partial charge < -0.3 is 9.84 Å². The second kappa shape index (κ2) is 5.11. The van der Waals surface area contributed by atoms with Crippen LogP contribution in [0.4, 0.5) is 0 Å². The quantitative estimate of drug-likeness (QED) is 0.908. The minimum Gasteiger partial charge on any atom is -0.333 e. The Morgan fingerprint density at radius 1 is 1.50 bits per heavy atom. The van der Waals surface area contributed by atoms with Crippen molar-refractivity contribution in [3.63, 3.8) is 0 Å². The maximum Gasteiger partial charge on any atom is 0.271 e. The molecular weight excluding hydrogens is 250 g/mol. The third-order valence-corrected chi connectivity index (χ3v) is 3.94. The molecule has 0 amide bonds. The van der Waals surface area contributed by atoms with Crippen molar-refractivity contribution in [2.75, 3.05) is 13.1 Å². The van der Waals surface area contributed by atoms with Crippen LogP contribution in [0.15, 0.2) is 4.52 Å². The summed E-state index contributed by atoms with van der Waals surface area (Å²) in [5.41, 5.74) is 0.928. The Balaban J connectivity index is 1.84. The zero-order valence-corrected chi connectivity index (χ0v) is 11.0. The predicted molar refractivity (Wildman–Crippen MR) is 67.4 cm³/mol. The smallest absolute Gasteiger partial charge is 0.271 e. The van der Waals surface area contributed by atoms with Gasteiger partial charge in [-0.25, -0.2) is 0 Å². The third-order valence-electron chi connectivity index (χ3n) is 3.19. The van der Waals surface area contributed by atoms with Gasteiger partial charge in [-0.1, -0.05) is 16.6 Å². The molecule has 0 aromatic carbocycles. The standard InChI is InChI=1S/C11H15N5OS/c1-2-8-9(18-16-14-8)11-13-10(15-17-11)7-4-3-5-12-6-7/h7,12H,2-6H2,1H3. The van der Waals surface area contributed by atoms with Crippen molar-refractivity contribution in [2.24, 2.45) is 0 Å². The molecule has 18 heavy (non-hydrogen) atoms. The largest absolute Gasteiger partial charge is 0.333 e. The molecule has 1 atom stereocenters. The first-order chi connectivity index (χ1) is 8.88. The molecule has 3 heterocycles. The maximum absolute atomic E-state index is 5.35. The number of hydrogen-bond donors (Lipinski definition) is 1. The van der Waals surface area contributed by atoms with Gasteiger partial charge in [-0.2, -0.15) is 4.98 Å². The first-order valence-electron chi connectivity index (χ1n) is 6.24. The summed E-state index contributed by atoms with van der Waals surface area (Å²) in [7, 11) is 0. The lowest BCUT2D eigenvalue weighted by molar-refractivity contribution is 0.393. The van der Waals surface area contributed by atoms with Gasteiger partial charge in [-0.05, 0) is 37.3 Å². The van der Waals surface area contributed by atoms with Gasteiger partial charge in [0, 0.05) is 12.5 Å². The number of aryl methyl sites for hydroxylation is 1. The molecule has 1 aliphatic rings. The van der Waals surface area contributed by atoms with Crippen LogP contribution in [0.5, 0.6) is 0 Å². The maximum atomic E-state index is 5.35. The van der Waals surface area contributed by atoms with Crippen LogP contribution in [0, 0.1) is 0 Å². The summed E-state index contributed by atoms with van der Waals surface area (Å²) in [5, 5.41) is 11.5. The van der Waals surface area contributed by atoms with E-state index in [9.17, 15) is 0 Å². The molecule has 2 aromatic heterocycles. The van der Waals surface area contributed by atoms with Gasteiger partial charge >= 0.3 is 0 Å². The Morgan fingerprint density at radius 2 is 2.44 bits per heavy atom. The van der Waals surface area contributed by atoms with Crippen molar-refractivity contribution < 1.29 is 4.52 Å². The Bertz CT molecular complexity index is 517. The average molecular weight is 265 g/mol. The lowest BCUT2D eigenvalue weighted by atomic mass is 9.99. The molecule has 0 spiro atoms. The van der Waals surface area contributed by atoms with Gasteiger partial charge in [0.15, 0.2) is 5.82 Å². The van der Waals surface area contributed by atoms with Crippen molar-refractivity contribution >= 4 is 11.5 Å². The molecule has 1 saturated heterocycles. The van der Waals surface area contributed by atoms with E-state index in [2.05, 4.69) is 25.0 Å². The Labute approximate surface area is 109 Å². The fourth-order valence-corrected chi connectivity index (χ4v) is 2.84. The molecule has 0 saturated carbocycles. The fourth-order valence-electron chi connectivity index (χ4n) is 2.17. The van der Waals surface area contributed by atoms with E-state index in [0.29, 0.717) is 11.8 Å². The van der Waals surface area contributed by atoms with E-state index in [4.69, 9.17) is 4.52 Å². The van der Waals surface area contributed by atoms with Crippen molar-refractivity contribution in [1.82, 2.24) is 25.0 Å². The molecule has 1 aliphatic heterocycles. The van der Waals surface area contributed by atoms with Crippen LogP contribution < -0.4 is 5.32 Å². The summed E-state index contributed by atoms with van der Waals surface area (Å²) in [5.74, 6) is 1.72. The minimum atomic E-state index is 0.363. The highest BCUT2D eigenvalue weighted by molar-refractivity contribution is 7.09. The van der Waals surface area contributed by atoms with Gasteiger partial charge in [-0.15, -0.1) is 5.10 Å². The van der Waals surface area contributed by atoms with Gasteiger partial charge in [-0.3, -0.25) is 0 Å². The lowest BCUT2D eigenvalue weighted by Crippen LogP contribution is -2.28. The Morgan fingerprint density at radius 3 is 3.22 bits per heavy atom. The molecule has 2 aromatic rings. The molecule has 1 unspecified atom stereocenters. The normalized spacial score (nSPS) is 20.2. The number of rotatable bonds is 3. The highest BCUT2D eigenvalue weighted by atomic mass is 32.1. The summed E-state index contributed by atoms with van der Waals surface area (Å²) in [4.78, 5) is 5.40. The zero-order chi connectivity index (χ0) is 12.4. The molecule has 0 radical (unpaired) electrons. The first kappa shape index (κ1) is 11.7. The molecule has 3 rings (SSSR count). The van der Waals surface area contributed by atoms with E-state index in [-0.39, 0.29) is 0 Å². The Hall–Kier alpha value is -1.34. The van der Waals surface area contributed by atoms with Crippen LogP contribution in [0.1, 0.15) is 37.2 Å². The molecule has 7 heteroatoms. The van der Waals surface area contributed by atoms with Crippen LogP contribution in [-0.4, -0.2) is 32.8 Å². The SMILES string of the molecule is CCc1nnsc1-c1nc(C2CCCNC2)no1. The average Bonchev–Trinajstić information content (AvgIpc) is 3.08. The van der Waals surface area contributed by atoms with Gasteiger partial charge in [0.05, 0.1) is 5.69 Å². The van der Waals surface area contributed by atoms with Crippen LogP contribution >= 0.6 is 11.5 Å². The van der Waals surface area contributed by atoms with Crippen LogP contribution in [0.25, 0.3) is 10.8 Å². The van der Waals surface area contributed by atoms with Gasteiger partial charge in [0.1, 0.15) is 4.88 Å². The summed E-state index contributed by atoms with van der Waals surface area (Å²) in [6.45, 7) is 4.06. The highest BCUT2D eigenvalue weighted by Gasteiger charge is 2.22. The zero-order valence-electron chi connectivity index (χ0n) is 10.2. The summed E-state index contributed by atoms with van der Waals surface area (Å²) in [6, 6.07) is 0. The molecule has 1 fully saturated rings. The van der Waals surface area contributed by atoms with Crippen molar-refractivity contribution in [1.29, 1.82) is 0 Å². The molecule has 0 aliphatic carbocycles. The van der Waals surface area contributed by atoms with E-state index in [1.165, 1.54) is 11.5 Å². The number of nitrogens with zero attached hydrogens (tertiary/aromatic N) is 4. The van der Waals surface area contributed by atoms with Crippen LogP contribution in [0.3, 0.4) is 0 Å².